The normalized spacial score (nSPS) is 12.7. The van der Waals surface area contributed by atoms with Crippen LogP contribution >= 0.6 is 0 Å². The van der Waals surface area contributed by atoms with E-state index in [0.29, 0.717) is 0 Å². The van der Waals surface area contributed by atoms with Crippen molar-refractivity contribution < 1.29 is 0 Å². The molecule has 0 amide bonds. The molecule has 4 aromatic heterocycles. The van der Waals surface area contributed by atoms with Crippen LogP contribution in [0.25, 0.3) is 55.4 Å². The second-order valence-corrected chi connectivity index (χ2v) is 11.4. The van der Waals surface area contributed by atoms with Crippen molar-refractivity contribution in [3.05, 3.63) is 87.2 Å². The summed E-state index contributed by atoms with van der Waals surface area (Å²) >= 11 is 0. The highest BCUT2D eigenvalue weighted by atomic mass is 14.8. The van der Waals surface area contributed by atoms with Crippen LogP contribution in [-0.4, -0.2) is 19.9 Å². The molecule has 5 heterocycles. The summed E-state index contributed by atoms with van der Waals surface area (Å²) < 4.78 is 0. The molecule has 4 heteroatoms. The lowest BCUT2D eigenvalue weighted by atomic mass is 9.97. The standard InChI is InChI=1S/C37H42N4/c1-9-25-27(11-3)36-37-28(12-4)26(10-2)32(41-37)19-30-21(6)23(8)35(39-30)33(24-16-14-13-15-17-24)34-22(7)20(5)29(38-34)18-31(25)40-36/h13-19,38,40-41H,9-12H2,1-8H3. The highest BCUT2D eigenvalue weighted by Crippen LogP contribution is 2.40. The predicted molar refractivity (Wildman–Crippen MR) is 177 cm³/mol. The number of allylic oxidation sites excluding steroid dienone is 2. The van der Waals surface area contributed by atoms with Gasteiger partial charge in [-0.2, -0.15) is 0 Å². The Hall–Kier alpha value is -4.05. The smallest absolute Gasteiger partial charge is 0.0768 e. The quantitative estimate of drug-likeness (QED) is 0.203. The van der Waals surface area contributed by atoms with Gasteiger partial charge in [0.15, 0.2) is 0 Å². The van der Waals surface area contributed by atoms with Crippen molar-refractivity contribution in [3.63, 3.8) is 0 Å². The van der Waals surface area contributed by atoms with Gasteiger partial charge < -0.3 is 15.0 Å². The number of fused-ring (bicyclic) bond motifs is 9. The number of hydrogen-bond donors (Lipinski definition) is 3. The summed E-state index contributed by atoms with van der Waals surface area (Å²) in [6.07, 6.45) is 3.92. The number of aromatic nitrogens is 4. The molecule has 210 valence electrons. The van der Waals surface area contributed by atoms with E-state index >= 15 is 0 Å². The van der Waals surface area contributed by atoms with Crippen LogP contribution < -0.4 is 0 Å². The third-order valence-electron chi connectivity index (χ3n) is 9.42. The van der Waals surface area contributed by atoms with Crippen molar-refractivity contribution in [2.45, 2.75) is 81.1 Å². The lowest BCUT2D eigenvalue weighted by molar-refractivity contribution is 1.07. The van der Waals surface area contributed by atoms with Gasteiger partial charge in [0.05, 0.1) is 27.9 Å². The van der Waals surface area contributed by atoms with E-state index in [1.165, 1.54) is 72.2 Å². The van der Waals surface area contributed by atoms with Gasteiger partial charge in [0.25, 0.3) is 0 Å². The average molecular weight is 543 g/mol. The highest BCUT2D eigenvalue weighted by Gasteiger charge is 2.22. The van der Waals surface area contributed by atoms with Crippen molar-refractivity contribution in [1.82, 2.24) is 19.9 Å². The fourth-order valence-electron chi connectivity index (χ4n) is 6.89. The summed E-state index contributed by atoms with van der Waals surface area (Å²) in [5, 5.41) is 0. The van der Waals surface area contributed by atoms with E-state index in [9.17, 15) is 0 Å². The molecule has 0 saturated carbocycles. The number of benzene rings is 1. The highest BCUT2D eigenvalue weighted by molar-refractivity contribution is 6.01. The van der Waals surface area contributed by atoms with Gasteiger partial charge in [0.1, 0.15) is 0 Å². The number of nitrogens with zero attached hydrogens (tertiary/aromatic N) is 1. The fourth-order valence-corrected chi connectivity index (χ4v) is 6.89. The second-order valence-electron chi connectivity index (χ2n) is 11.4. The molecule has 6 rings (SSSR count). The first-order valence-electron chi connectivity index (χ1n) is 15.3. The Kier molecular flexibility index (Phi) is 6.89. The topological polar surface area (TPSA) is 60.3 Å². The van der Waals surface area contributed by atoms with Gasteiger partial charge in [0.2, 0.25) is 0 Å². The van der Waals surface area contributed by atoms with Crippen LogP contribution in [0.1, 0.15) is 86.3 Å². The number of hydrogen-bond acceptors (Lipinski definition) is 1. The van der Waals surface area contributed by atoms with E-state index in [2.05, 4.69) is 113 Å². The van der Waals surface area contributed by atoms with Gasteiger partial charge in [-0.1, -0.05) is 58.0 Å². The summed E-state index contributed by atoms with van der Waals surface area (Å²) in [6, 6.07) is 15.4. The maximum absolute atomic E-state index is 5.37. The Morgan fingerprint density at radius 3 is 1.66 bits per heavy atom. The van der Waals surface area contributed by atoms with Gasteiger partial charge in [-0.3, -0.25) is 0 Å². The largest absolute Gasteiger partial charge is 0.354 e. The average Bonchev–Trinajstić information content (AvgIpc) is 3.68. The minimum Gasteiger partial charge on any atom is -0.354 e. The van der Waals surface area contributed by atoms with Gasteiger partial charge >= 0.3 is 0 Å². The van der Waals surface area contributed by atoms with Crippen LogP contribution in [0, 0.1) is 13.8 Å². The number of H-pyrrole nitrogens is 3. The molecule has 0 aliphatic carbocycles. The van der Waals surface area contributed by atoms with Crippen LogP contribution in [0.5, 0.6) is 0 Å². The molecule has 0 radical (unpaired) electrons. The number of rotatable bonds is 5. The van der Waals surface area contributed by atoms with Crippen molar-refractivity contribution in [2.75, 3.05) is 0 Å². The first-order chi connectivity index (χ1) is 19.8. The molecule has 0 spiro atoms. The molecule has 41 heavy (non-hydrogen) atoms. The molecule has 5 aromatic rings. The Labute approximate surface area is 243 Å². The summed E-state index contributed by atoms with van der Waals surface area (Å²) in [5.41, 5.74) is 22.2. The molecule has 0 fully saturated rings. The van der Waals surface area contributed by atoms with E-state index in [4.69, 9.17) is 4.98 Å². The van der Waals surface area contributed by atoms with Gasteiger partial charge in [0, 0.05) is 22.1 Å². The van der Waals surface area contributed by atoms with E-state index in [1.54, 1.807) is 0 Å². The first kappa shape index (κ1) is 27.1. The van der Waals surface area contributed by atoms with Gasteiger partial charge in [-0.25, -0.2) is 4.98 Å². The van der Waals surface area contributed by atoms with E-state index < -0.39 is 0 Å². The first-order valence-corrected chi connectivity index (χ1v) is 15.3. The molecule has 1 aliphatic rings. The lowest BCUT2D eigenvalue weighted by Crippen LogP contribution is -1.89. The number of nitrogens with one attached hydrogen (secondary N) is 3. The summed E-state index contributed by atoms with van der Waals surface area (Å²) in [7, 11) is 0. The predicted octanol–water partition coefficient (Wildman–Crippen LogP) is 10.0. The molecule has 4 nitrogen and oxygen atoms in total. The number of aryl methyl sites for hydroxylation is 6. The van der Waals surface area contributed by atoms with Crippen molar-refractivity contribution in [1.29, 1.82) is 0 Å². The van der Waals surface area contributed by atoms with Gasteiger partial charge in [-0.15, -0.1) is 0 Å². The minimum atomic E-state index is 0.975. The Bertz CT molecular complexity index is 1960. The maximum atomic E-state index is 5.37. The van der Waals surface area contributed by atoms with Crippen LogP contribution in [0.2, 0.25) is 0 Å². The zero-order chi connectivity index (χ0) is 29.0. The van der Waals surface area contributed by atoms with Crippen molar-refractivity contribution in [2.24, 2.45) is 0 Å². The van der Waals surface area contributed by atoms with Crippen LogP contribution in [0.4, 0.5) is 0 Å². The molecule has 1 aliphatic heterocycles. The van der Waals surface area contributed by atoms with E-state index in [1.807, 2.05) is 0 Å². The Morgan fingerprint density at radius 2 is 1.10 bits per heavy atom. The van der Waals surface area contributed by atoms with Crippen molar-refractivity contribution >= 4 is 44.2 Å². The molecule has 1 aromatic carbocycles. The zero-order valence-corrected chi connectivity index (χ0v) is 25.8. The van der Waals surface area contributed by atoms with Crippen LogP contribution in [-0.2, 0) is 25.7 Å². The monoisotopic (exact) mass is 542 g/mol. The van der Waals surface area contributed by atoms with Crippen molar-refractivity contribution in [3.8, 4) is 11.1 Å². The van der Waals surface area contributed by atoms with E-state index in [0.717, 1.165) is 53.7 Å². The number of aromatic amines is 3. The zero-order valence-electron chi connectivity index (χ0n) is 25.8. The Morgan fingerprint density at radius 1 is 0.561 bits per heavy atom. The lowest BCUT2D eigenvalue weighted by Gasteiger charge is -2.07. The van der Waals surface area contributed by atoms with Gasteiger partial charge in [-0.05, 0) is 116 Å². The fraction of sp³-hybridized carbons (Fsp3) is 0.324. The molecule has 0 atom stereocenters. The molecule has 3 N–H and O–H groups in total. The second kappa shape index (κ2) is 10.4. The molecule has 0 saturated heterocycles. The summed E-state index contributed by atoms with van der Waals surface area (Å²) in [6.45, 7) is 18.0. The molecule has 0 unspecified atom stereocenters. The summed E-state index contributed by atoms with van der Waals surface area (Å²) in [4.78, 5) is 17.0. The minimum absolute atomic E-state index is 0.975. The third-order valence-corrected chi connectivity index (χ3v) is 9.42. The summed E-state index contributed by atoms with van der Waals surface area (Å²) in [5.74, 6) is 0. The van der Waals surface area contributed by atoms with E-state index in [-0.39, 0.29) is 0 Å². The van der Waals surface area contributed by atoms with Crippen LogP contribution in [0.3, 0.4) is 0 Å². The SMILES string of the molecule is CCc1c(CC)c2[nH]c1cc1nc(c(-c3ccccc3)c3[nH]c(cc4[nH]c2c(CC)c4CC)c(C)c3C)C(C)=C1C. The molecule has 8 bridgehead atoms. The third kappa shape index (κ3) is 4.15. The molecular weight excluding hydrogens is 500 g/mol. The molecular formula is C37H42N4. The Balaban J connectivity index is 1.93. The maximum Gasteiger partial charge on any atom is 0.0768 e. The van der Waals surface area contributed by atoms with Crippen LogP contribution in [0.15, 0.2) is 42.5 Å².